The van der Waals surface area contributed by atoms with E-state index in [4.69, 9.17) is 10.1 Å². The van der Waals surface area contributed by atoms with Crippen LogP contribution >= 0.6 is 0 Å². The molecular formula is C19H21N3O2. The molecule has 0 amide bonds. The van der Waals surface area contributed by atoms with E-state index in [0.29, 0.717) is 6.54 Å². The molecule has 0 unspecified atom stereocenters. The van der Waals surface area contributed by atoms with Gasteiger partial charge in [-0.3, -0.25) is 4.79 Å². The molecule has 0 bridgehead atoms. The lowest BCUT2D eigenvalue weighted by Crippen LogP contribution is -2.21. The molecular weight excluding hydrogens is 302 g/mol. The van der Waals surface area contributed by atoms with Gasteiger partial charge < -0.3 is 14.2 Å². The number of rotatable bonds is 4. The van der Waals surface area contributed by atoms with Crippen LogP contribution in [-0.4, -0.2) is 25.8 Å². The van der Waals surface area contributed by atoms with Gasteiger partial charge in [-0.25, -0.2) is 4.98 Å². The maximum atomic E-state index is 12.2. The third-order valence-corrected chi connectivity index (χ3v) is 4.15. The van der Waals surface area contributed by atoms with E-state index in [2.05, 4.69) is 19.1 Å². The van der Waals surface area contributed by atoms with Crippen molar-refractivity contribution in [1.82, 2.24) is 14.1 Å². The van der Waals surface area contributed by atoms with E-state index >= 15 is 0 Å². The third kappa shape index (κ3) is 2.90. The van der Waals surface area contributed by atoms with E-state index in [0.717, 1.165) is 28.5 Å². The number of hydrogen-bond acceptors (Lipinski definition) is 3. The fraction of sp³-hybridized carbons (Fsp3) is 0.263. The predicted molar refractivity (Wildman–Crippen MR) is 94.6 cm³/mol. The lowest BCUT2D eigenvalue weighted by Gasteiger charge is -2.10. The molecule has 124 valence electrons. The van der Waals surface area contributed by atoms with Crippen molar-refractivity contribution in [2.45, 2.75) is 27.3 Å². The zero-order chi connectivity index (χ0) is 17.3. The van der Waals surface area contributed by atoms with Crippen LogP contribution in [0.4, 0.5) is 0 Å². The standard InChI is InChI=1S/C19H21N3O2/c1-13-5-4-6-16(11-13)19-14(2)22(15(3)20-19)17-7-8-21(9-10-23)18(24)12-17/h4-8,11-12,23H,9-10H2,1-3H3. The second-order valence-corrected chi connectivity index (χ2v) is 5.94. The summed E-state index contributed by atoms with van der Waals surface area (Å²) in [6.45, 7) is 6.25. The summed E-state index contributed by atoms with van der Waals surface area (Å²) in [6.07, 6.45) is 1.71. The van der Waals surface area contributed by atoms with E-state index in [1.807, 2.05) is 36.6 Å². The average Bonchev–Trinajstić information content (AvgIpc) is 2.84. The molecule has 0 saturated carbocycles. The van der Waals surface area contributed by atoms with Crippen LogP contribution in [0.3, 0.4) is 0 Å². The summed E-state index contributed by atoms with van der Waals surface area (Å²) in [4.78, 5) is 16.9. The van der Waals surface area contributed by atoms with Crippen molar-refractivity contribution in [3.63, 3.8) is 0 Å². The number of benzene rings is 1. The van der Waals surface area contributed by atoms with Crippen LogP contribution in [0.15, 0.2) is 47.4 Å². The molecule has 2 heterocycles. The Balaban J connectivity index is 2.10. The van der Waals surface area contributed by atoms with Gasteiger partial charge in [0.25, 0.3) is 5.56 Å². The number of aryl methyl sites for hydroxylation is 2. The highest BCUT2D eigenvalue weighted by atomic mass is 16.3. The van der Waals surface area contributed by atoms with Gasteiger partial charge in [0, 0.05) is 30.1 Å². The number of pyridine rings is 1. The van der Waals surface area contributed by atoms with E-state index in [1.165, 1.54) is 10.1 Å². The van der Waals surface area contributed by atoms with Gasteiger partial charge in [0.1, 0.15) is 5.82 Å². The second-order valence-electron chi connectivity index (χ2n) is 5.94. The van der Waals surface area contributed by atoms with E-state index in [1.54, 1.807) is 12.3 Å². The number of aliphatic hydroxyl groups is 1. The van der Waals surface area contributed by atoms with Gasteiger partial charge in [-0.2, -0.15) is 0 Å². The smallest absolute Gasteiger partial charge is 0.252 e. The Bertz CT molecular complexity index is 938. The van der Waals surface area contributed by atoms with Crippen LogP contribution in [-0.2, 0) is 6.54 Å². The van der Waals surface area contributed by atoms with Crippen LogP contribution in [0.25, 0.3) is 16.9 Å². The van der Waals surface area contributed by atoms with Gasteiger partial charge in [-0.15, -0.1) is 0 Å². The van der Waals surface area contributed by atoms with Crippen molar-refractivity contribution in [2.24, 2.45) is 0 Å². The first-order valence-corrected chi connectivity index (χ1v) is 7.96. The second kappa shape index (κ2) is 6.45. The summed E-state index contributed by atoms with van der Waals surface area (Å²) in [6, 6.07) is 11.7. The number of nitrogens with zero attached hydrogens (tertiary/aromatic N) is 3. The summed E-state index contributed by atoms with van der Waals surface area (Å²) >= 11 is 0. The summed E-state index contributed by atoms with van der Waals surface area (Å²) < 4.78 is 3.48. The molecule has 0 radical (unpaired) electrons. The van der Waals surface area contributed by atoms with Gasteiger partial charge >= 0.3 is 0 Å². The molecule has 3 aromatic rings. The molecule has 5 nitrogen and oxygen atoms in total. The lowest BCUT2D eigenvalue weighted by atomic mass is 10.1. The minimum Gasteiger partial charge on any atom is -0.395 e. The Labute approximate surface area is 140 Å². The zero-order valence-electron chi connectivity index (χ0n) is 14.2. The van der Waals surface area contributed by atoms with Crippen LogP contribution in [0.5, 0.6) is 0 Å². The maximum absolute atomic E-state index is 12.2. The van der Waals surface area contributed by atoms with Crippen LogP contribution in [0.1, 0.15) is 17.1 Å². The lowest BCUT2D eigenvalue weighted by molar-refractivity contribution is 0.274. The first-order chi connectivity index (χ1) is 11.5. The summed E-state index contributed by atoms with van der Waals surface area (Å²) in [5.41, 5.74) is 4.84. The SMILES string of the molecule is Cc1cccc(-c2nc(C)n(-c3ccn(CCO)c(=O)c3)c2C)c1. The Morgan fingerprint density at radius 3 is 2.58 bits per heavy atom. The highest BCUT2D eigenvalue weighted by Gasteiger charge is 2.14. The fourth-order valence-electron chi connectivity index (χ4n) is 3.02. The molecule has 1 N–H and O–H groups in total. The van der Waals surface area contributed by atoms with Gasteiger partial charge in [-0.1, -0.05) is 23.8 Å². The van der Waals surface area contributed by atoms with Crippen molar-refractivity contribution < 1.29 is 5.11 Å². The summed E-state index contributed by atoms with van der Waals surface area (Å²) in [5, 5.41) is 9.00. The van der Waals surface area contributed by atoms with Crippen LogP contribution in [0, 0.1) is 20.8 Å². The molecule has 0 aliphatic carbocycles. The van der Waals surface area contributed by atoms with Gasteiger partial charge in [0.2, 0.25) is 0 Å². The normalized spacial score (nSPS) is 11.0. The van der Waals surface area contributed by atoms with E-state index in [-0.39, 0.29) is 12.2 Å². The molecule has 24 heavy (non-hydrogen) atoms. The van der Waals surface area contributed by atoms with Crippen molar-refractivity contribution in [3.8, 4) is 16.9 Å². The first kappa shape index (κ1) is 16.2. The molecule has 1 aromatic carbocycles. The van der Waals surface area contributed by atoms with Gasteiger partial charge in [0.05, 0.1) is 18.0 Å². The number of imidazole rings is 1. The van der Waals surface area contributed by atoms with Crippen molar-refractivity contribution in [2.75, 3.05) is 6.61 Å². The van der Waals surface area contributed by atoms with Crippen molar-refractivity contribution in [1.29, 1.82) is 0 Å². The third-order valence-electron chi connectivity index (χ3n) is 4.15. The number of aliphatic hydroxyl groups excluding tert-OH is 1. The van der Waals surface area contributed by atoms with Crippen molar-refractivity contribution in [3.05, 3.63) is 70.0 Å². The van der Waals surface area contributed by atoms with Crippen LogP contribution in [0.2, 0.25) is 0 Å². The molecule has 0 atom stereocenters. The van der Waals surface area contributed by atoms with Gasteiger partial charge in [-0.05, 0) is 32.9 Å². The molecule has 0 spiro atoms. The Morgan fingerprint density at radius 1 is 1.12 bits per heavy atom. The van der Waals surface area contributed by atoms with E-state index < -0.39 is 0 Å². The Hall–Kier alpha value is -2.66. The zero-order valence-corrected chi connectivity index (χ0v) is 14.2. The minimum atomic E-state index is -0.133. The van der Waals surface area contributed by atoms with E-state index in [9.17, 15) is 4.79 Å². The Morgan fingerprint density at radius 2 is 1.92 bits per heavy atom. The van der Waals surface area contributed by atoms with Crippen molar-refractivity contribution >= 4 is 0 Å². The molecule has 2 aromatic heterocycles. The molecule has 5 heteroatoms. The molecule has 3 rings (SSSR count). The molecule has 0 aliphatic heterocycles. The molecule has 0 saturated heterocycles. The minimum absolute atomic E-state index is 0.0557. The largest absolute Gasteiger partial charge is 0.395 e. The highest BCUT2D eigenvalue weighted by Crippen LogP contribution is 2.26. The first-order valence-electron chi connectivity index (χ1n) is 7.96. The average molecular weight is 323 g/mol. The highest BCUT2D eigenvalue weighted by molar-refractivity contribution is 5.64. The van der Waals surface area contributed by atoms with Crippen LogP contribution < -0.4 is 5.56 Å². The molecule has 0 aliphatic rings. The maximum Gasteiger partial charge on any atom is 0.252 e. The van der Waals surface area contributed by atoms with Gasteiger partial charge in [0.15, 0.2) is 0 Å². The monoisotopic (exact) mass is 323 g/mol. The number of aromatic nitrogens is 3. The predicted octanol–water partition coefficient (Wildman–Crippen LogP) is 2.62. The summed E-state index contributed by atoms with van der Waals surface area (Å²) in [7, 11) is 0. The quantitative estimate of drug-likeness (QED) is 0.803. The fourth-order valence-corrected chi connectivity index (χ4v) is 3.02. The topological polar surface area (TPSA) is 60.1 Å². The molecule has 0 fully saturated rings. The Kier molecular flexibility index (Phi) is 4.36. The number of hydrogen-bond donors (Lipinski definition) is 1. The summed E-state index contributed by atoms with van der Waals surface area (Å²) in [5.74, 6) is 0.836.